The summed E-state index contributed by atoms with van der Waals surface area (Å²) in [6.07, 6.45) is 3.75. The Morgan fingerprint density at radius 3 is 2.76 bits per heavy atom. The van der Waals surface area contributed by atoms with Gasteiger partial charge in [0, 0.05) is 25.4 Å². The zero-order valence-electron chi connectivity index (χ0n) is 10.9. The minimum atomic E-state index is -0.226. The van der Waals surface area contributed by atoms with E-state index in [1.54, 1.807) is 10.7 Å². The second-order valence-electron chi connectivity index (χ2n) is 4.67. The van der Waals surface area contributed by atoms with Crippen LogP contribution in [0.15, 0.2) is 59.3 Å². The van der Waals surface area contributed by atoms with Crippen molar-refractivity contribution < 1.29 is 4.39 Å². The zero-order valence-corrected chi connectivity index (χ0v) is 14.7. The van der Waals surface area contributed by atoms with Crippen LogP contribution in [0.1, 0.15) is 5.56 Å². The Morgan fingerprint density at radius 2 is 2.00 bits per heavy atom. The molecule has 0 aliphatic heterocycles. The summed E-state index contributed by atoms with van der Waals surface area (Å²) in [6, 6.07) is 13.3. The van der Waals surface area contributed by atoms with E-state index in [4.69, 9.17) is 0 Å². The van der Waals surface area contributed by atoms with Gasteiger partial charge in [0.1, 0.15) is 5.82 Å². The molecule has 106 valence electrons. The van der Waals surface area contributed by atoms with Gasteiger partial charge in [-0.1, -0.05) is 34.1 Å². The fourth-order valence-electron chi connectivity index (χ4n) is 2.09. The highest BCUT2D eigenvalue weighted by atomic mass is 127. The molecule has 0 unspecified atom stereocenters. The van der Waals surface area contributed by atoms with Crippen molar-refractivity contribution in [2.75, 3.05) is 0 Å². The Balaban J connectivity index is 1.85. The first-order chi connectivity index (χ1) is 10.1. The van der Waals surface area contributed by atoms with Crippen molar-refractivity contribution in [3.05, 3.63) is 74.3 Å². The topological polar surface area (TPSA) is 17.8 Å². The van der Waals surface area contributed by atoms with Crippen molar-refractivity contribution in [1.29, 1.82) is 0 Å². The van der Waals surface area contributed by atoms with E-state index >= 15 is 0 Å². The number of rotatable bonds is 3. The summed E-state index contributed by atoms with van der Waals surface area (Å²) in [6.45, 7) is 0.420. The SMILES string of the molecule is Fc1cc(Br)ccc1Cn1cc(-c2cccc(I)c2)cn1. The first-order valence-electron chi connectivity index (χ1n) is 6.34. The molecule has 21 heavy (non-hydrogen) atoms. The van der Waals surface area contributed by atoms with E-state index < -0.39 is 0 Å². The van der Waals surface area contributed by atoms with E-state index in [1.807, 2.05) is 36.7 Å². The second-order valence-corrected chi connectivity index (χ2v) is 6.83. The first-order valence-corrected chi connectivity index (χ1v) is 8.21. The number of halogens is 3. The van der Waals surface area contributed by atoms with Crippen LogP contribution in [0.4, 0.5) is 4.39 Å². The molecule has 0 saturated heterocycles. The summed E-state index contributed by atoms with van der Waals surface area (Å²) in [5.74, 6) is -0.226. The third kappa shape index (κ3) is 3.52. The van der Waals surface area contributed by atoms with Crippen LogP contribution in [0, 0.1) is 9.39 Å². The Kier molecular flexibility index (Phi) is 4.40. The number of nitrogens with zero attached hydrogens (tertiary/aromatic N) is 2. The average molecular weight is 457 g/mol. The summed E-state index contributed by atoms with van der Waals surface area (Å²) < 4.78 is 17.5. The fourth-order valence-corrected chi connectivity index (χ4v) is 2.97. The highest BCUT2D eigenvalue weighted by Crippen LogP contribution is 2.21. The summed E-state index contributed by atoms with van der Waals surface area (Å²) in [5, 5.41) is 4.32. The van der Waals surface area contributed by atoms with Crippen molar-refractivity contribution >= 4 is 38.5 Å². The van der Waals surface area contributed by atoms with Crippen LogP contribution in [0.5, 0.6) is 0 Å². The molecular formula is C16H11BrFIN2. The molecular weight excluding hydrogens is 446 g/mol. The fraction of sp³-hybridized carbons (Fsp3) is 0.0625. The molecule has 0 aliphatic carbocycles. The minimum absolute atomic E-state index is 0.226. The monoisotopic (exact) mass is 456 g/mol. The molecule has 0 bridgehead atoms. The van der Waals surface area contributed by atoms with Crippen LogP contribution in [0.2, 0.25) is 0 Å². The maximum absolute atomic E-state index is 13.8. The maximum atomic E-state index is 13.8. The molecule has 1 aromatic heterocycles. The lowest BCUT2D eigenvalue weighted by molar-refractivity contribution is 0.584. The molecule has 3 aromatic rings. The summed E-state index contributed by atoms with van der Waals surface area (Å²) in [4.78, 5) is 0. The number of aromatic nitrogens is 2. The van der Waals surface area contributed by atoms with Crippen molar-refractivity contribution in [1.82, 2.24) is 9.78 Å². The molecule has 0 aliphatic rings. The van der Waals surface area contributed by atoms with E-state index in [9.17, 15) is 4.39 Å². The Morgan fingerprint density at radius 1 is 1.14 bits per heavy atom. The van der Waals surface area contributed by atoms with E-state index in [1.165, 1.54) is 9.64 Å². The van der Waals surface area contributed by atoms with Gasteiger partial charge in [-0.2, -0.15) is 5.10 Å². The van der Waals surface area contributed by atoms with Crippen molar-refractivity contribution in [2.24, 2.45) is 0 Å². The highest BCUT2D eigenvalue weighted by molar-refractivity contribution is 14.1. The van der Waals surface area contributed by atoms with E-state index in [2.05, 4.69) is 49.7 Å². The summed E-state index contributed by atoms with van der Waals surface area (Å²) in [7, 11) is 0. The van der Waals surface area contributed by atoms with Crippen LogP contribution in [0.25, 0.3) is 11.1 Å². The summed E-state index contributed by atoms with van der Waals surface area (Å²) >= 11 is 5.54. The minimum Gasteiger partial charge on any atom is -0.268 e. The van der Waals surface area contributed by atoms with Gasteiger partial charge >= 0.3 is 0 Å². The number of benzene rings is 2. The van der Waals surface area contributed by atoms with Crippen molar-refractivity contribution in [2.45, 2.75) is 6.54 Å². The van der Waals surface area contributed by atoms with E-state index in [-0.39, 0.29) is 5.82 Å². The predicted octanol–water partition coefficient (Wildman–Crippen LogP) is 5.10. The molecule has 1 heterocycles. The molecule has 0 amide bonds. The van der Waals surface area contributed by atoms with E-state index in [0.29, 0.717) is 12.1 Å². The molecule has 0 N–H and O–H groups in total. The Bertz CT molecular complexity index is 785. The molecule has 0 atom stereocenters. The van der Waals surface area contributed by atoms with Gasteiger partial charge in [0.2, 0.25) is 0 Å². The molecule has 2 nitrogen and oxygen atoms in total. The van der Waals surface area contributed by atoms with Crippen molar-refractivity contribution in [3.63, 3.8) is 0 Å². The Labute approximate surface area is 144 Å². The lowest BCUT2D eigenvalue weighted by Gasteiger charge is -2.04. The Hall–Kier alpha value is -1.21. The predicted molar refractivity (Wildman–Crippen MR) is 93.6 cm³/mol. The maximum Gasteiger partial charge on any atom is 0.129 e. The van der Waals surface area contributed by atoms with Crippen LogP contribution in [-0.4, -0.2) is 9.78 Å². The standard InChI is InChI=1S/C16H11BrFIN2/c17-14-5-4-12(16(18)7-14)9-21-10-13(8-20-21)11-2-1-3-15(19)6-11/h1-8,10H,9H2. The lowest BCUT2D eigenvalue weighted by atomic mass is 10.1. The number of hydrogen-bond acceptors (Lipinski definition) is 1. The van der Waals surface area contributed by atoms with Gasteiger partial charge in [0.15, 0.2) is 0 Å². The van der Waals surface area contributed by atoms with Gasteiger partial charge in [-0.3, -0.25) is 4.68 Å². The molecule has 5 heteroatoms. The average Bonchev–Trinajstić information content (AvgIpc) is 2.91. The van der Waals surface area contributed by atoms with Gasteiger partial charge in [0.05, 0.1) is 12.7 Å². The van der Waals surface area contributed by atoms with Crippen LogP contribution in [0.3, 0.4) is 0 Å². The lowest BCUT2D eigenvalue weighted by Crippen LogP contribution is -2.02. The van der Waals surface area contributed by atoms with Crippen molar-refractivity contribution in [3.8, 4) is 11.1 Å². The summed E-state index contributed by atoms with van der Waals surface area (Å²) in [5.41, 5.74) is 2.77. The molecule has 0 saturated carbocycles. The second kappa shape index (κ2) is 6.27. The van der Waals surface area contributed by atoms with Crippen LogP contribution in [-0.2, 0) is 6.54 Å². The highest BCUT2D eigenvalue weighted by Gasteiger charge is 2.06. The molecule has 3 rings (SSSR count). The largest absolute Gasteiger partial charge is 0.268 e. The third-order valence-electron chi connectivity index (χ3n) is 3.14. The quantitative estimate of drug-likeness (QED) is 0.501. The molecule has 0 radical (unpaired) electrons. The first kappa shape index (κ1) is 14.7. The smallest absolute Gasteiger partial charge is 0.129 e. The molecule has 2 aromatic carbocycles. The third-order valence-corrected chi connectivity index (χ3v) is 4.30. The van der Waals surface area contributed by atoms with Crippen LogP contribution >= 0.6 is 38.5 Å². The molecule has 0 spiro atoms. The van der Waals surface area contributed by atoms with E-state index in [0.717, 1.165) is 15.6 Å². The zero-order chi connectivity index (χ0) is 14.8. The van der Waals surface area contributed by atoms with Gasteiger partial charge < -0.3 is 0 Å². The van der Waals surface area contributed by atoms with Gasteiger partial charge in [0.25, 0.3) is 0 Å². The van der Waals surface area contributed by atoms with Gasteiger partial charge in [-0.05, 0) is 52.4 Å². The van der Waals surface area contributed by atoms with Gasteiger partial charge in [-0.15, -0.1) is 0 Å². The van der Waals surface area contributed by atoms with Crippen LogP contribution < -0.4 is 0 Å². The molecule has 0 fully saturated rings. The normalized spacial score (nSPS) is 10.8. The van der Waals surface area contributed by atoms with Gasteiger partial charge in [-0.25, -0.2) is 4.39 Å². The number of hydrogen-bond donors (Lipinski definition) is 0.